The summed E-state index contributed by atoms with van der Waals surface area (Å²) in [6, 6.07) is 8.45. The minimum Gasteiger partial charge on any atom is -0.379 e. The van der Waals surface area contributed by atoms with E-state index in [1.807, 2.05) is 0 Å². The Morgan fingerprint density at radius 2 is 1.88 bits per heavy atom. The largest absolute Gasteiger partial charge is 0.419 e. The molecule has 1 saturated heterocycles. The molecule has 2 aromatic rings. The van der Waals surface area contributed by atoms with Gasteiger partial charge in [0, 0.05) is 35.9 Å². The lowest BCUT2D eigenvalue weighted by Gasteiger charge is -2.25. The summed E-state index contributed by atoms with van der Waals surface area (Å²) < 4.78 is 38.7. The molecule has 8 heteroatoms. The quantitative estimate of drug-likeness (QED) is 0.879. The van der Waals surface area contributed by atoms with Crippen molar-refractivity contribution >= 4 is 17.5 Å². The van der Waals surface area contributed by atoms with E-state index >= 15 is 0 Å². The monoisotopic (exact) mass is 370 g/mol. The van der Waals surface area contributed by atoms with Gasteiger partial charge in [0.2, 0.25) is 0 Å². The van der Waals surface area contributed by atoms with E-state index in [2.05, 4.69) is 4.98 Å². The molecule has 1 amide bonds. The van der Waals surface area contributed by atoms with Crippen molar-refractivity contribution in [2.45, 2.75) is 18.2 Å². The van der Waals surface area contributed by atoms with E-state index in [9.17, 15) is 23.1 Å². The van der Waals surface area contributed by atoms with E-state index in [1.54, 1.807) is 36.5 Å². The Kier molecular flexibility index (Phi) is 4.47. The van der Waals surface area contributed by atoms with Gasteiger partial charge in [-0.25, -0.2) is 0 Å². The van der Waals surface area contributed by atoms with Gasteiger partial charge >= 0.3 is 6.18 Å². The summed E-state index contributed by atoms with van der Waals surface area (Å²) >= 11 is 5.84. The van der Waals surface area contributed by atoms with Crippen LogP contribution in [-0.2, 0) is 0 Å². The lowest BCUT2D eigenvalue weighted by Crippen LogP contribution is -2.48. The second-order valence-corrected chi connectivity index (χ2v) is 6.41. The number of likely N-dealkylation sites (tertiary alicyclic amines) is 1. The first-order valence-electron chi connectivity index (χ1n) is 7.49. The van der Waals surface area contributed by atoms with Gasteiger partial charge in [-0.15, -0.1) is 0 Å². The zero-order valence-corrected chi connectivity index (χ0v) is 13.7. The predicted molar refractivity (Wildman–Crippen MR) is 86.2 cm³/mol. The molecule has 0 radical (unpaired) electrons. The topological polar surface area (TPSA) is 53.4 Å². The van der Waals surface area contributed by atoms with Crippen LogP contribution in [0.1, 0.15) is 16.8 Å². The number of rotatable bonds is 2. The molecule has 1 aromatic carbocycles. The molecule has 1 aromatic heterocycles. The van der Waals surface area contributed by atoms with Crippen LogP contribution in [0, 0.1) is 0 Å². The van der Waals surface area contributed by atoms with Crippen molar-refractivity contribution in [3.05, 3.63) is 53.3 Å². The number of hydrogen-bond acceptors (Lipinski definition) is 3. The molecule has 25 heavy (non-hydrogen) atoms. The van der Waals surface area contributed by atoms with Gasteiger partial charge in [0.25, 0.3) is 5.91 Å². The second kappa shape index (κ2) is 6.31. The first-order valence-corrected chi connectivity index (χ1v) is 7.87. The molecule has 1 aliphatic heterocycles. The molecule has 1 atom stereocenters. The summed E-state index contributed by atoms with van der Waals surface area (Å²) in [7, 11) is 0. The molecule has 2 heterocycles. The van der Waals surface area contributed by atoms with Crippen molar-refractivity contribution in [1.82, 2.24) is 9.88 Å². The van der Waals surface area contributed by atoms with Crippen molar-refractivity contribution < 1.29 is 23.1 Å². The predicted octanol–water partition coefficient (Wildman–Crippen LogP) is 3.54. The third kappa shape index (κ3) is 3.48. The smallest absolute Gasteiger partial charge is 0.379 e. The molecular weight excluding hydrogens is 357 g/mol. The number of amides is 1. The number of pyridine rings is 1. The molecule has 0 bridgehead atoms. The minimum atomic E-state index is -4.77. The maximum absolute atomic E-state index is 12.9. The highest BCUT2D eigenvalue weighted by Crippen LogP contribution is 2.38. The van der Waals surface area contributed by atoms with Crippen molar-refractivity contribution in [2.24, 2.45) is 0 Å². The molecular formula is C17H14ClF3N2O2. The molecule has 1 unspecified atom stereocenters. The Hall–Kier alpha value is -2.12. The Balaban J connectivity index is 1.82. The number of alkyl halides is 3. The summed E-state index contributed by atoms with van der Waals surface area (Å²) in [5.74, 6) is -0.594. The van der Waals surface area contributed by atoms with Crippen LogP contribution in [0.2, 0.25) is 5.02 Å². The summed E-state index contributed by atoms with van der Waals surface area (Å²) in [5.41, 5.74) is -1.27. The minimum absolute atomic E-state index is 0.166. The average Bonchev–Trinajstić information content (AvgIpc) is 2.98. The van der Waals surface area contributed by atoms with Crippen LogP contribution in [0.15, 0.2) is 42.7 Å². The van der Waals surface area contributed by atoms with Crippen LogP contribution in [0.3, 0.4) is 0 Å². The number of aromatic nitrogens is 1. The first-order chi connectivity index (χ1) is 11.7. The number of carbonyl (C=O) groups is 1. The van der Waals surface area contributed by atoms with Gasteiger partial charge in [-0.3, -0.25) is 9.78 Å². The Morgan fingerprint density at radius 3 is 2.48 bits per heavy atom. The van der Waals surface area contributed by atoms with Crippen molar-refractivity contribution in [3.63, 3.8) is 0 Å². The van der Waals surface area contributed by atoms with Crippen LogP contribution in [0.5, 0.6) is 0 Å². The molecule has 0 saturated carbocycles. The van der Waals surface area contributed by atoms with Gasteiger partial charge in [-0.05, 0) is 23.8 Å². The highest BCUT2D eigenvalue weighted by atomic mass is 35.5. The zero-order chi connectivity index (χ0) is 18.2. The van der Waals surface area contributed by atoms with Gasteiger partial charge in [0.15, 0.2) is 5.60 Å². The molecule has 4 nitrogen and oxygen atoms in total. The van der Waals surface area contributed by atoms with Crippen molar-refractivity contribution in [1.29, 1.82) is 0 Å². The van der Waals surface area contributed by atoms with E-state index in [0.29, 0.717) is 10.6 Å². The molecule has 0 spiro atoms. The van der Waals surface area contributed by atoms with E-state index in [-0.39, 0.29) is 12.1 Å². The fourth-order valence-corrected chi connectivity index (χ4v) is 2.86. The highest BCUT2D eigenvalue weighted by Gasteiger charge is 2.57. The van der Waals surface area contributed by atoms with Crippen LogP contribution in [-0.4, -0.2) is 45.8 Å². The number of halogens is 4. The van der Waals surface area contributed by atoms with Crippen LogP contribution >= 0.6 is 11.6 Å². The highest BCUT2D eigenvalue weighted by molar-refractivity contribution is 6.30. The standard InChI is InChI=1S/C17H14ClF3N2O2/c18-14-3-1-11(2-4-14)12-7-13(9-22-8-12)15(24)23-6-5-16(25,10-23)17(19,20)21/h1-4,7-9,25H,5-6,10H2. The maximum atomic E-state index is 12.9. The summed E-state index contributed by atoms with van der Waals surface area (Å²) in [6.07, 6.45) is -2.46. The SMILES string of the molecule is O=C(c1cncc(-c2ccc(Cl)cc2)c1)N1CCC(O)(C(F)(F)F)C1. The van der Waals surface area contributed by atoms with Gasteiger partial charge < -0.3 is 10.0 Å². The van der Waals surface area contributed by atoms with Crippen molar-refractivity contribution in [3.8, 4) is 11.1 Å². The number of β-amino-alcohol motifs (C(OH)–C–C–N with tert-alkyl or cyclic N) is 1. The van der Waals surface area contributed by atoms with Gasteiger partial charge in [0.05, 0.1) is 12.1 Å². The Morgan fingerprint density at radius 1 is 1.20 bits per heavy atom. The fourth-order valence-electron chi connectivity index (χ4n) is 2.74. The Labute approximate surface area is 146 Å². The molecule has 0 aliphatic carbocycles. The third-order valence-corrected chi connectivity index (χ3v) is 4.48. The van der Waals surface area contributed by atoms with Gasteiger partial charge in [0.1, 0.15) is 0 Å². The molecule has 132 valence electrons. The van der Waals surface area contributed by atoms with E-state index in [0.717, 1.165) is 10.5 Å². The fraction of sp³-hybridized carbons (Fsp3) is 0.294. The number of aliphatic hydroxyl groups is 1. The van der Waals surface area contributed by atoms with Gasteiger partial charge in [-0.2, -0.15) is 13.2 Å². The summed E-state index contributed by atoms with van der Waals surface area (Å²) in [4.78, 5) is 17.5. The summed E-state index contributed by atoms with van der Waals surface area (Å²) in [6.45, 7) is -0.944. The third-order valence-electron chi connectivity index (χ3n) is 4.23. The number of carbonyl (C=O) groups excluding carboxylic acids is 1. The molecule has 3 rings (SSSR count). The molecule has 1 aliphatic rings. The van der Waals surface area contributed by atoms with E-state index in [1.165, 1.54) is 6.20 Å². The lowest BCUT2D eigenvalue weighted by molar-refractivity contribution is -0.253. The van der Waals surface area contributed by atoms with E-state index < -0.39 is 30.7 Å². The molecule has 1 N–H and O–H groups in total. The Bertz CT molecular complexity index is 795. The van der Waals surface area contributed by atoms with Crippen LogP contribution in [0.4, 0.5) is 13.2 Å². The number of benzene rings is 1. The lowest BCUT2D eigenvalue weighted by atomic mass is 10.0. The number of hydrogen-bond donors (Lipinski definition) is 1. The normalized spacial score (nSPS) is 20.8. The zero-order valence-electron chi connectivity index (χ0n) is 12.9. The molecule has 1 fully saturated rings. The van der Waals surface area contributed by atoms with Gasteiger partial charge in [-0.1, -0.05) is 23.7 Å². The van der Waals surface area contributed by atoms with E-state index in [4.69, 9.17) is 11.6 Å². The summed E-state index contributed by atoms with van der Waals surface area (Å²) in [5, 5.41) is 10.3. The van der Waals surface area contributed by atoms with Crippen LogP contribution < -0.4 is 0 Å². The second-order valence-electron chi connectivity index (χ2n) is 5.98. The average molecular weight is 371 g/mol. The van der Waals surface area contributed by atoms with Crippen molar-refractivity contribution in [2.75, 3.05) is 13.1 Å². The van der Waals surface area contributed by atoms with Crippen LogP contribution in [0.25, 0.3) is 11.1 Å². The number of nitrogens with zero attached hydrogens (tertiary/aromatic N) is 2. The maximum Gasteiger partial charge on any atom is 0.419 e. The first kappa shape index (κ1) is 17.7.